The highest BCUT2D eigenvalue weighted by molar-refractivity contribution is 5.83. The third kappa shape index (κ3) is 4.63. The average molecular weight is 423 g/mol. The van der Waals surface area contributed by atoms with Gasteiger partial charge in [0.15, 0.2) is 5.43 Å². The largest absolute Gasteiger partial charge is 0.573 e. The number of fused-ring (bicyclic) bond motifs is 1. The minimum absolute atomic E-state index is 0.0118. The number of aromatic nitrogens is 1. The molecule has 0 aliphatic carbocycles. The summed E-state index contributed by atoms with van der Waals surface area (Å²) < 4.78 is 40.7. The smallest absolute Gasteiger partial charge is 0.406 e. The van der Waals surface area contributed by atoms with Crippen molar-refractivity contribution in [2.75, 3.05) is 0 Å². The first-order valence-corrected chi connectivity index (χ1v) is 9.77. The van der Waals surface area contributed by atoms with Crippen molar-refractivity contribution in [2.24, 2.45) is 0 Å². The molecule has 1 aromatic heterocycles. The normalized spacial score (nSPS) is 11.6. The standard InChI is InChI=1S/C25H20F3NO2/c1-15-3-12-22-21(13-15)24(30)16(2)23(29-22)19-8-4-17(5-9-19)14-18-6-10-20(11-7-18)31-25(26,27)28/h3-13H,14H2,1-2H3,(H,29,30). The van der Waals surface area contributed by atoms with E-state index in [2.05, 4.69) is 9.72 Å². The van der Waals surface area contributed by atoms with Gasteiger partial charge in [0.2, 0.25) is 0 Å². The van der Waals surface area contributed by atoms with Crippen LogP contribution in [0.15, 0.2) is 71.5 Å². The number of ether oxygens (including phenoxy) is 1. The average Bonchev–Trinajstić information content (AvgIpc) is 2.72. The van der Waals surface area contributed by atoms with Gasteiger partial charge in [-0.25, -0.2) is 0 Å². The minimum atomic E-state index is -4.70. The number of aryl methyl sites for hydroxylation is 1. The summed E-state index contributed by atoms with van der Waals surface area (Å²) in [6, 6.07) is 19.4. The summed E-state index contributed by atoms with van der Waals surface area (Å²) in [6.07, 6.45) is -4.13. The van der Waals surface area contributed by atoms with Crippen molar-refractivity contribution >= 4 is 10.9 Å². The van der Waals surface area contributed by atoms with Gasteiger partial charge in [-0.1, -0.05) is 48.0 Å². The van der Waals surface area contributed by atoms with E-state index >= 15 is 0 Å². The van der Waals surface area contributed by atoms with Crippen LogP contribution in [0.3, 0.4) is 0 Å². The molecule has 0 fully saturated rings. The summed E-state index contributed by atoms with van der Waals surface area (Å²) in [4.78, 5) is 16.2. The Morgan fingerprint density at radius 3 is 2.10 bits per heavy atom. The van der Waals surface area contributed by atoms with Gasteiger partial charge in [-0.2, -0.15) is 0 Å². The van der Waals surface area contributed by atoms with Crippen molar-refractivity contribution in [2.45, 2.75) is 26.6 Å². The number of rotatable bonds is 4. The second-order valence-electron chi connectivity index (χ2n) is 7.57. The van der Waals surface area contributed by atoms with Crippen molar-refractivity contribution in [1.29, 1.82) is 0 Å². The molecule has 1 heterocycles. The Kier molecular flexibility index (Phi) is 5.31. The van der Waals surface area contributed by atoms with E-state index in [1.54, 1.807) is 12.1 Å². The SMILES string of the molecule is Cc1ccc2[nH]c(-c3ccc(Cc4ccc(OC(F)(F)F)cc4)cc3)c(C)c(=O)c2c1. The number of benzene rings is 3. The number of aromatic amines is 1. The lowest BCUT2D eigenvalue weighted by Crippen LogP contribution is -2.17. The zero-order chi connectivity index (χ0) is 22.2. The fraction of sp³-hybridized carbons (Fsp3) is 0.160. The number of hydrogen-bond acceptors (Lipinski definition) is 2. The zero-order valence-electron chi connectivity index (χ0n) is 17.0. The summed E-state index contributed by atoms with van der Waals surface area (Å²) in [7, 11) is 0. The van der Waals surface area contributed by atoms with Crippen LogP contribution in [0.25, 0.3) is 22.2 Å². The summed E-state index contributed by atoms with van der Waals surface area (Å²) in [5.41, 5.74) is 6.05. The second-order valence-corrected chi connectivity index (χ2v) is 7.57. The van der Waals surface area contributed by atoms with Crippen molar-refractivity contribution in [3.8, 4) is 17.0 Å². The third-order valence-electron chi connectivity index (χ3n) is 5.20. The van der Waals surface area contributed by atoms with Crippen molar-refractivity contribution < 1.29 is 17.9 Å². The second kappa shape index (κ2) is 7.95. The van der Waals surface area contributed by atoms with Gasteiger partial charge < -0.3 is 9.72 Å². The van der Waals surface area contributed by atoms with E-state index in [1.165, 1.54) is 12.1 Å². The molecule has 31 heavy (non-hydrogen) atoms. The van der Waals surface area contributed by atoms with Crippen LogP contribution >= 0.6 is 0 Å². The van der Waals surface area contributed by atoms with Gasteiger partial charge in [0.1, 0.15) is 5.75 Å². The Balaban J connectivity index is 1.57. The molecular formula is C25H20F3NO2. The Labute approximate surface area is 177 Å². The first-order chi connectivity index (χ1) is 14.7. The van der Waals surface area contributed by atoms with Gasteiger partial charge >= 0.3 is 6.36 Å². The topological polar surface area (TPSA) is 42.1 Å². The predicted molar refractivity (Wildman–Crippen MR) is 115 cm³/mol. The number of alkyl halides is 3. The Hall–Kier alpha value is -3.54. The molecule has 4 rings (SSSR count). The Morgan fingerprint density at radius 1 is 0.871 bits per heavy atom. The molecule has 0 bridgehead atoms. The summed E-state index contributed by atoms with van der Waals surface area (Å²) in [5, 5.41) is 0.677. The van der Waals surface area contributed by atoms with Crippen molar-refractivity contribution in [1.82, 2.24) is 4.98 Å². The quantitative estimate of drug-likeness (QED) is 0.418. The van der Waals surface area contributed by atoms with E-state index in [4.69, 9.17) is 0 Å². The molecule has 0 aliphatic rings. The van der Waals surface area contributed by atoms with Gasteiger partial charge in [0.05, 0.1) is 5.69 Å². The first-order valence-electron chi connectivity index (χ1n) is 9.77. The van der Waals surface area contributed by atoms with Gasteiger partial charge in [-0.15, -0.1) is 13.2 Å². The number of hydrogen-bond donors (Lipinski definition) is 1. The molecule has 3 nitrogen and oxygen atoms in total. The number of pyridine rings is 1. The molecular weight excluding hydrogens is 403 g/mol. The molecule has 0 aliphatic heterocycles. The highest BCUT2D eigenvalue weighted by Gasteiger charge is 2.30. The van der Waals surface area contributed by atoms with Gasteiger partial charge in [-0.05, 0) is 61.2 Å². The van der Waals surface area contributed by atoms with E-state index in [1.807, 2.05) is 56.3 Å². The minimum Gasteiger partial charge on any atom is -0.406 e. The van der Waals surface area contributed by atoms with Crippen molar-refractivity contribution in [3.63, 3.8) is 0 Å². The highest BCUT2D eigenvalue weighted by atomic mass is 19.4. The molecule has 0 unspecified atom stereocenters. The van der Waals surface area contributed by atoms with Crippen LogP contribution in [-0.4, -0.2) is 11.3 Å². The highest BCUT2D eigenvalue weighted by Crippen LogP contribution is 2.25. The Morgan fingerprint density at radius 2 is 1.48 bits per heavy atom. The van der Waals surface area contributed by atoms with E-state index in [9.17, 15) is 18.0 Å². The molecule has 0 atom stereocenters. The monoisotopic (exact) mass is 423 g/mol. The zero-order valence-corrected chi connectivity index (χ0v) is 17.0. The lowest BCUT2D eigenvalue weighted by molar-refractivity contribution is -0.274. The van der Waals surface area contributed by atoms with Crippen molar-refractivity contribution in [3.05, 3.63) is 99.2 Å². The molecule has 0 saturated heterocycles. The van der Waals surface area contributed by atoms with Crippen LogP contribution < -0.4 is 10.2 Å². The maximum Gasteiger partial charge on any atom is 0.573 e. The fourth-order valence-electron chi connectivity index (χ4n) is 3.62. The summed E-state index contributed by atoms with van der Waals surface area (Å²) in [5.74, 6) is -0.238. The molecule has 0 saturated carbocycles. The van der Waals surface area contributed by atoms with E-state index < -0.39 is 6.36 Å². The maximum atomic E-state index is 12.8. The van der Waals surface area contributed by atoms with Gasteiger partial charge in [-0.3, -0.25) is 4.79 Å². The molecule has 3 aromatic carbocycles. The predicted octanol–water partition coefficient (Wildman–Crippen LogP) is 6.30. The van der Waals surface area contributed by atoms with Crippen LogP contribution in [0.4, 0.5) is 13.2 Å². The van der Waals surface area contributed by atoms with E-state index in [-0.39, 0.29) is 11.2 Å². The Bertz CT molecular complexity index is 1290. The van der Waals surface area contributed by atoms with Crippen LogP contribution in [0.5, 0.6) is 5.75 Å². The third-order valence-corrected chi connectivity index (χ3v) is 5.20. The van der Waals surface area contributed by atoms with E-state index in [0.717, 1.165) is 33.5 Å². The molecule has 1 N–H and O–H groups in total. The van der Waals surface area contributed by atoms with Gasteiger partial charge in [0.25, 0.3) is 0 Å². The molecule has 0 spiro atoms. The molecule has 6 heteroatoms. The molecule has 0 radical (unpaired) electrons. The van der Waals surface area contributed by atoms with Crippen LogP contribution in [-0.2, 0) is 6.42 Å². The molecule has 0 amide bonds. The molecule has 4 aromatic rings. The summed E-state index contributed by atoms with van der Waals surface area (Å²) >= 11 is 0. The maximum absolute atomic E-state index is 12.8. The van der Waals surface area contributed by atoms with Crippen LogP contribution in [0.1, 0.15) is 22.3 Å². The fourth-order valence-corrected chi connectivity index (χ4v) is 3.62. The van der Waals surface area contributed by atoms with Crippen LogP contribution in [0, 0.1) is 13.8 Å². The number of H-pyrrole nitrogens is 1. The lowest BCUT2D eigenvalue weighted by atomic mass is 9.99. The van der Waals surface area contributed by atoms with E-state index in [0.29, 0.717) is 17.4 Å². The number of halogens is 3. The summed E-state index contributed by atoms with van der Waals surface area (Å²) in [6.45, 7) is 3.77. The van der Waals surface area contributed by atoms with Gasteiger partial charge in [0, 0.05) is 16.5 Å². The lowest BCUT2D eigenvalue weighted by Gasteiger charge is -2.11. The van der Waals surface area contributed by atoms with Crippen LogP contribution in [0.2, 0.25) is 0 Å². The number of nitrogens with one attached hydrogen (secondary N) is 1. The first kappa shape index (κ1) is 20.7. The molecule has 158 valence electrons.